The second-order valence-corrected chi connectivity index (χ2v) is 6.47. The molecular formula is C19H24FNO2. The lowest BCUT2D eigenvalue weighted by molar-refractivity contribution is 0.155. The molecule has 0 aliphatic carbocycles. The zero-order chi connectivity index (χ0) is 16.9. The molecule has 0 radical (unpaired) electrons. The van der Waals surface area contributed by atoms with E-state index in [0.29, 0.717) is 12.1 Å². The van der Waals surface area contributed by atoms with Crippen LogP contribution in [-0.4, -0.2) is 22.3 Å². The highest BCUT2D eigenvalue weighted by Crippen LogP contribution is 2.19. The molecule has 0 unspecified atom stereocenters. The molecule has 0 fully saturated rings. The van der Waals surface area contributed by atoms with Crippen LogP contribution in [0.1, 0.15) is 37.5 Å². The fourth-order valence-electron chi connectivity index (χ4n) is 2.44. The Labute approximate surface area is 136 Å². The van der Waals surface area contributed by atoms with Crippen LogP contribution >= 0.6 is 0 Å². The minimum atomic E-state index is -0.871. The van der Waals surface area contributed by atoms with Gasteiger partial charge in [0.2, 0.25) is 0 Å². The molecule has 0 aliphatic heterocycles. The number of benzene rings is 2. The van der Waals surface area contributed by atoms with Gasteiger partial charge in [-0.2, -0.15) is 0 Å². The minimum absolute atomic E-state index is 0.190. The molecule has 2 aromatic rings. The highest BCUT2D eigenvalue weighted by Gasteiger charge is 2.20. The van der Waals surface area contributed by atoms with Crippen molar-refractivity contribution >= 4 is 0 Å². The zero-order valence-electron chi connectivity index (χ0n) is 13.6. The van der Waals surface area contributed by atoms with Crippen molar-refractivity contribution < 1.29 is 14.6 Å². The molecular weight excluding hydrogens is 293 g/mol. The van der Waals surface area contributed by atoms with E-state index in [1.165, 1.54) is 6.07 Å². The van der Waals surface area contributed by atoms with Crippen molar-refractivity contribution in [3.05, 3.63) is 65.5 Å². The number of phenols is 1. The van der Waals surface area contributed by atoms with E-state index in [0.717, 1.165) is 18.4 Å². The quantitative estimate of drug-likeness (QED) is 0.732. The lowest BCUT2D eigenvalue weighted by Crippen LogP contribution is -2.42. The number of nitrogens with one attached hydrogen (secondary N) is 1. The fourth-order valence-corrected chi connectivity index (χ4v) is 2.44. The molecule has 0 aromatic heterocycles. The number of aliphatic hydroxyl groups excluding tert-OH is 1. The summed E-state index contributed by atoms with van der Waals surface area (Å²) in [7, 11) is 0. The molecule has 0 amide bonds. The average Bonchev–Trinajstić information content (AvgIpc) is 2.53. The largest absolute Gasteiger partial charge is 0.508 e. The first-order valence-corrected chi connectivity index (χ1v) is 7.83. The Morgan fingerprint density at radius 3 is 2.39 bits per heavy atom. The predicted molar refractivity (Wildman–Crippen MR) is 89.9 cm³/mol. The third-order valence-electron chi connectivity index (χ3n) is 4.01. The van der Waals surface area contributed by atoms with Gasteiger partial charge in [0.25, 0.3) is 0 Å². The summed E-state index contributed by atoms with van der Waals surface area (Å²) in [4.78, 5) is 0. The Balaban J connectivity index is 1.86. The number of halogens is 1. The maximum atomic E-state index is 13.7. The van der Waals surface area contributed by atoms with Gasteiger partial charge >= 0.3 is 0 Å². The molecule has 0 aliphatic rings. The van der Waals surface area contributed by atoms with Crippen LogP contribution in [0.3, 0.4) is 0 Å². The highest BCUT2D eigenvalue weighted by molar-refractivity contribution is 5.26. The molecule has 0 saturated carbocycles. The molecule has 0 bridgehead atoms. The molecule has 0 spiro atoms. The first-order valence-electron chi connectivity index (χ1n) is 7.83. The van der Waals surface area contributed by atoms with Crippen molar-refractivity contribution in [2.75, 3.05) is 6.54 Å². The molecule has 124 valence electrons. The monoisotopic (exact) mass is 317 g/mol. The number of aryl methyl sites for hydroxylation is 1. The van der Waals surface area contributed by atoms with Crippen LogP contribution in [0.5, 0.6) is 5.75 Å². The summed E-state index contributed by atoms with van der Waals surface area (Å²) in [5.74, 6) is -0.122. The zero-order valence-corrected chi connectivity index (χ0v) is 13.6. The second-order valence-electron chi connectivity index (χ2n) is 6.47. The Morgan fingerprint density at radius 2 is 1.74 bits per heavy atom. The molecule has 0 saturated heterocycles. The van der Waals surface area contributed by atoms with E-state index < -0.39 is 6.10 Å². The number of hydrogen-bond donors (Lipinski definition) is 3. The molecule has 1 atom stereocenters. The number of phenolic OH excluding ortho intramolecular Hbond substituents is 1. The SMILES string of the molecule is CC(C)(CCc1ccc(O)cc1)NC[C@H](O)c1ccccc1F. The van der Waals surface area contributed by atoms with Crippen molar-refractivity contribution in [2.45, 2.75) is 38.3 Å². The van der Waals surface area contributed by atoms with E-state index in [-0.39, 0.29) is 17.1 Å². The smallest absolute Gasteiger partial charge is 0.129 e. The third kappa shape index (κ3) is 5.34. The van der Waals surface area contributed by atoms with E-state index in [1.54, 1.807) is 30.3 Å². The number of β-amino-alcohol motifs (C(OH)–C–C–N with tert-alkyl or cyclic N) is 1. The molecule has 3 N–H and O–H groups in total. The summed E-state index contributed by atoms with van der Waals surface area (Å²) < 4.78 is 13.7. The summed E-state index contributed by atoms with van der Waals surface area (Å²) in [6.07, 6.45) is 0.849. The molecule has 2 aromatic carbocycles. The van der Waals surface area contributed by atoms with Crippen LogP contribution in [0.4, 0.5) is 4.39 Å². The highest BCUT2D eigenvalue weighted by atomic mass is 19.1. The van der Waals surface area contributed by atoms with Gasteiger partial charge in [-0.1, -0.05) is 30.3 Å². The Morgan fingerprint density at radius 1 is 1.09 bits per heavy atom. The fraction of sp³-hybridized carbons (Fsp3) is 0.368. The predicted octanol–water partition coefficient (Wildman–Crippen LogP) is 3.57. The molecule has 3 nitrogen and oxygen atoms in total. The average molecular weight is 317 g/mol. The second kappa shape index (κ2) is 7.57. The van der Waals surface area contributed by atoms with Crippen LogP contribution in [0.15, 0.2) is 48.5 Å². The number of hydrogen-bond acceptors (Lipinski definition) is 3. The van der Waals surface area contributed by atoms with Gasteiger partial charge in [0.15, 0.2) is 0 Å². The van der Waals surface area contributed by atoms with Gasteiger partial charge in [-0.25, -0.2) is 4.39 Å². The maximum absolute atomic E-state index is 13.7. The Kier molecular flexibility index (Phi) is 5.74. The van der Waals surface area contributed by atoms with Crippen molar-refractivity contribution in [1.82, 2.24) is 5.32 Å². The Bertz CT molecular complexity index is 626. The van der Waals surface area contributed by atoms with Gasteiger partial charge in [-0.05, 0) is 50.5 Å². The number of aromatic hydroxyl groups is 1. The van der Waals surface area contributed by atoms with Gasteiger partial charge in [-0.15, -0.1) is 0 Å². The van der Waals surface area contributed by atoms with Crippen molar-refractivity contribution in [1.29, 1.82) is 0 Å². The molecule has 4 heteroatoms. The number of aliphatic hydroxyl groups is 1. The summed E-state index contributed by atoms with van der Waals surface area (Å²) in [5, 5.41) is 22.7. The van der Waals surface area contributed by atoms with Gasteiger partial charge in [0.05, 0.1) is 6.10 Å². The summed E-state index contributed by atoms with van der Waals surface area (Å²) in [6, 6.07) is 13.5. The van der Waals surface area contributed by atoms with Crippen LogP contribution in [0.25, 0.3) is 0 Å². The lowest BCUT2D eigenvalue weighted by Gasteiger charge is -2.28. The van der Waals surface area contributed by atoms with Crippen molar-refractivity contribution in [3.63, 3.8) is 0 Å². The standard InChI is InChI=1S/C19H24FNO2/c1-19(2,12-11-14-7-9-15(22)10-8-14)21-13-18(23)16-5-3-4-6-17(16)20/h3-10,18,21-23H,11-13H2,1-2H3/t18-/m0/s1. The van der Waals surface area contributed by atoms with Gasteiger partial charge in [0.1, 0.15) is 11.6 Å². The van der Waals surface area contributed by atoms with Gasteiger partial charge in [-0.3, -0.25) is 0 Å². The number of rotatable bonds is 7. The lowest BCUT2D eigenvalue weighted by atomic mass is 9.94. The van der Waals surface area contributed by atoms with E-state index in [2.05, 4.69) is 19.2 Å². The maximum Gasteiger partial charge on any atom is 0.129 e. The molecule has 23 heavy (non-hydrogen) atoms. The summed E-state index contributed by atoms with van der Waals surface area (Å²) in [5.41, 5.74) is 1.27. The first-order chi connectivity index (χ1) is 10.9. The topological polar surface area (TPSA) is 52.5 Å². The van der Waals surface area contributed by atoms with Crippen LogP contribution < -0.4 is 5.32 Å². The van der Waals surface area contributed by atoms with E-state index in [1.807, 2.05) is 12.1 Å². The van der Waals surface area contributed by atoms with Crippen LogP contribution in [-0.2, 0) is 6.42 Å². The molecule has 2 rings (SSSR count). The Hall–Kier alpha value is -1.91. The van der Waals surface area contributed by atoms with E-state index in [4.69, 9.17) is 0 Å². The third-order valence-corrected chi connectivity index (χ3v) is 4.01. The van der Waals surface area contributed by atoms with Crippen LogP contribution in [0.2, 0.25) is 0 Å². The van der Waals surface area contributed by atoms with Gasteiger partial charge < -0.3 is 15.5 Å². The summed E-state index contributed by atoms with van der Waals surface area (Å²) >= 11 is 0. The molecule has 0 heterocycles. The normalized spacial score (nSPS) is 13.0. The van der Waals surface area contributed by atoms with Crippen LogP contribution in [0, 0.1) is 5.82 Å². The van der Waals surface area contributed by atoms with E-state index in [9.17, 15) is 14.6 Å². The summed E-state index contributed by atoms with van der Waals surface area (Å²) in [6.45, 7) is 4.41. The first kappa shape index (κ1) is 17.4. The van der Waals surface area contributed by atoms with E-state index >= 15 is 0 Å². The minimum Gasteiger partial charge on any atom is -0.508 e. The van der Waals surface area contributed by atoms with Gasteiger partial charge in [0, 0.05) is 17.6 Å². The van der Waals surface area contributed by atoms with Crippen molar-refractivity contribution in [2.24, 2.45) is 0 Å². The van der Waals surface area contributed by atoms with Crippen molar-refractivity contribution in [3.8, 4) is 5.75 Å².